The van der Waals surface area contributed by atoms with Crippen LogP contribution in [0.2, 0.25) is 0 Å². The van der Waals surface area contributed by atoms with E-state index in [-0.39, 0.29) is 0 Å². The van der Waals surface area contributed by atoms with E-state index in [2.05, 4.69) is 55.2 Å². The molecule has 0 fully saturated rings. The van der Waals surface area contributed by atoms with Gasteiger partial charge in [0.2, 0.25) is 0 Å². The Morgan fingerprint density at radius 3 is 2.36 bits per heavy atom. The van der Waals surface area contributed by atoms with Crippen molar-refractivity contribution in [2.75, 3.05) is 5.75 Å². The summed E-state index contributed by atoms with van der Waals surface area (Å²) in [7, 11) is 0. The molecule has 2 nitrogen and oxygen atoms in total. The number of unbranched alkanes of at least 4 members (excludes halogenated alkanes) is 1. The summed E-state index contributed by atoms with van der Waals surface area (Å²) in [4.78, 5) is 0. The number of nitrogens with zero attached hydrogens (tertiary/aromatic N) is 2. The van der Waals surface area contributed by atoms with Gasteiger partial charge in [0.1, 0.15) is 0 Å². The standard InChI is InChI=1S/C17H24N2S3/c1-4-6-11-20-16-18-19-17(22-16)21-12-14-7-9-15(10-8-14)13(3)5-2/h7-10,13H,4-6,11-12H2,1-3H3. The van der Waals surface area contributed by atoms with Crippen LogP contribution in [-0.2, 0) is 5.75 Å². The summed E-state index contributed by atoms with van der Waals surface area (Å²) in [5, 5.41) is 8.54. The van der Waals surface area contributed by atoms with Crippen LogP contribution < -0.4 is 0 Å². The smallest absolute Gasteiger partial charge is 0.131 e. The minimum atomic E-state index is 0.646. The van der Waals surface area contributed by atoms with Gasteiger partial charge in [-0.1, -0.05) is 86.3 Å². The second-order valence-electron chi connectivity index (χ2n) is 5.38. The molecule has 2 aromatic rings. The number of hydrogen-bond acceptors (Lipinski definition) is 5. The molecule has 1 unspecified atom stereocenters. The summed E-state index contributed by atoms with van der Waals surface area (Å²) in [6, 6.07) is 9.01. The molecule has 1 heterocycles. The molecule has 1 aromatic carbocycles. The van der Waals surface area contributed by atoms with Crippen molar-refractivity contribution in [1.29, 1.82) is 0 Å². The van der Waals surface area contributed by atoms with Crippen molar-refractivity contribution in [2.24, 2.45) is 0 Å². The molecule has 0 radical (unpaired) electrons. The minimum absolute atomic E-state index is 0.646. The Kier molecular flexibility index (Phi) is 7.76. The highest BCUT2D eigenvalue weighted by atomic mass is 32.2. The van der Waals surface area contributed by atoms with Crippen LogP contribution in [-0.4, -0.2) is 16.0 Å². The molecule has 0 aliphatic carbocycles. The summed E-state index contributed by atoms with van der Waals surface area (Å²) in [6.07, 6.45) is 3.67. The first-order chi connectivity index (χ1) is 10.7. The fourth-order valence-corrected chi connectivity index (χ4v) is 5.07. The molecule has 1 aromatic heterocycles. The van der Waals surface area contributed by atoms with Gasteiger partial charge in [-0.25, -0.2) is 0 Å². The molecule has 2 rings (SSSR count). The molecular formula is C17H24N2S3. The summed E-state index contributed by atoms with van der Waals surface area (Å²) >= 11 is 5.33. The van der Waals surface area contributed by atoms with Crippen LogP contribution in [0, 0.1) is 0 Å². The minimum Gasteiger partial charge on any atom is -0.131 e. The molecule has 22 heavy (non-hydrogen) atoms. The van der Waals surface area contributed by atoms with Crippen LogP contribution in [0.3, 0.4) is 0 Å². The van der Waals surface area contributed by atoms with Gasteiger partial charge in [0.25, 0.3) is 0 Å². The molecule has 0 saturated carbocycles. The Labute approximate surface area is 146 Å². The zero-order chi connectivity index (χ0) is 15.8. The lowest BCUT2D eigenvalue weighted by atomic mass is 9.98. The molecule has 0 amide bonds. The van der Waals surface area contributed by atoms with E-state index in [1.807, 2.05) is 11.8 Å². The maximum absolute atomic E-state index is 4.28. The third-order valence-electron chi connectivity index (χ3n) is 3.63. The van der Waals surface area contributed by atoms with Crippen LogP contribution >= 0.6 is 34.9 Å². The molecule has 0 saturated heterocycles. The van der Waals surface area contributed by atoms with Gasteiger partial charge in [-0.3, -0.25) is 0 Å². The van der Waals surface area contributed by atoms with Crippen molar-refractivity contribution in [1.82, 2.24) is 10.2 Å². The summed E-state index contributed by atoms with van der Waals surface area (Å²) in [5.74, 6) is 2.76. The first-order valence-electron chi connectivity index (χ1n) is 7.90. The van der Waals surface area contributed by atoms with Crippen LogP contribution in [0.5, 0.6) is 0 Å². The van der Waals surface area contributed by atoms with Crippen molar-refractivity contribution >= 4 is 34.9 Å². The summed E-state index contributed by atoms with van der Waals surface area (Å²) < 4.78 is 2.17. The average Bonchev–Trinajstić information content (AvgIpc) is 3.01. The van der Waals surface area contributed by atoms with Crippen LogP contribution in [0.1, 0.15) is 57.1 Å². The molecule has 5 heteroatoms. The Hall–Kier alpha value is -0.520. The SMILES string of the molecule is CCCCSc1nnc(SCc2ccc(C(C)CC)cc2)s1. The Balaban J connectivity index is 1.82. The van der Waals surface area contributed by atoms with E-state index >= 15 is 0 Å². The largest absolute Gasteiger partial charge is 0.175 e. The second kappa shape index (κ2) is 9.58. The van der Waals surface area contributed by atoms with E-state index in [4.69, 9.17) is 0 Å². The third-order valence-corrected chi connectivity index (χ3v) is 6.98. The van der Waals surface area contributed by atoms with Gasteiger partial charge < -0.3 is 0 Å². The van der Waals surface area contributed by atoms with Gasteiger partial charge in [0.05, 0.1) is 0 Å². The van der Waals surface area contributed by atoms with Crippen molar-refractivity contribution in [3.8, 4) is 0 Å². The molecule has 120 valence electrons. The van der Waals surface area contributed by atoms with Crippen molar-refractivity contribution < 1.29 is 0 Å². The predicted octanol–water partition coefficient (Wildman–Crippen LogP) is 6.24. The quantitative estimate of drug-likeness (QED) is 0.394. The van der Waals surface area contributed by atoms with Gasteiger partial charge in [0, 0.05) is 11.5 Å². The third kappa shape index (κ3) is 5.60. The summed E-state index contributed by atoms with van der Waals surface area (Å²) in [5.41, 5.74) is 2.79. The molecule has 0 aliphatic rings. The predicted molar refractivity (Wildman–Crippen MR) is 100 cm³/mol. The van der Waals surface area contributed by atoms with Gasteiger partial charge in [-0.05, 0) is 29.9 Å². The highest BCUT2D eigenvalue weighted by Crippen LogP contribution is 2.31. The van der Waals surface area contributed by atoms with E-state index in [1.54, 1.807) is 23.1 Å². The van der Waals surface area contributed by atoms with Gasteiger partial charge >= 0.3 is 0 Å². The zero-order valence-corrected chi connectivity index (χ0v) is 16.0. The van der Waals surface area contributed by atoms with Crippen molar-refractivity contribution in [3.63, 3.8) is 0 Å². The Bertz CT molecular complexity index is 551. The fraction of sp³-hybridized carbons (Fsp3) is 0.529. The molecule has 0 N–H and O–H groups in total. The maximum atomic E-state index is 4.28. The van der Waals surface area contributed by atoms with Gasteiger partial charge in [-0.2, -0.15) is 0 Å². The van der Waals surface area contributed by atoms with E-state index in [0.717, 1.165) is 20.2 Å². The maximum Gasteiger partial charge on any atom is 0.175 e. The zero-order valence-electron chi connectivity index (χ0n) is 13.5. The van der Waals surface area contributed by atoms with E-state index in [0.29, 0.717) is 5.92 Å². The van der Waals surface area contributed by atoms with Crippen molar-refractivity contribution in [3.05, 3.63) is 35.4 Å². The normalized spacial score (nSPS) is 12.5. The molecular weight excluding hydrogens is 328 g/mol. The Morgan fingerprint density at radius 1 is 1.05 bits per heavy atom. The van der Waals surface area contributed by atoms with Gasteiger partial charge in [-0.15, -0.1) is 10.2 Å². The topological polar surface area (TPSA) is 25.8 Å². The first kappa shape index (κ1) is 17.8. The number of hydrogen-bond donors (Lipinski definition) is 0. The highest BCUT2D eigenvalue weighted by molar-refractivity contribution is 8.02. The molecule has 0 bridgehead atoms. The van der Waals surface area contributed by atoms with E-state index in [9.17, 15) is 0 Å². The number of thioether (sulfide) groups is 2. The monoisotopic (exact) mass is 352 g/mol. The van der Waals surface area contributed by atoms with E-state index < -0.39 is 0 Å². The number of rotatable bonds is 9. The van der Waals surface area contributed by atoms with E-state index in [1.165, 1.54) is 30.4 Å². The second-order valence-corrected chi connectivity index (χ2v) is 8.92. The number of aromatic nitrogens is 2. The lowest BCUT2D eigenvalue weighted by Gasteiger charge is -2.09. The molecule has 0 aliphatic heterocycles. The lowest BCUT2D eigenvalue weighted by molar-refractivity contribution is 0.733. The van der Waals surface area contributed by atoms with Gasteiger partial charge in [0.15, 0.2) is 8.68 Å². The summed E-state index contributed by atoms with van der Waals surface area (Å²) in [6.45, 7) is 6.73. The van der Waals surface area contributed by atoms with Crippen LogP contribution in [0.25, 0.3) is 0 Å². The first-order valence-corrected chi connectivity index (χ1v) is 10.7. The number of benzene rings is 1. The lowest BCUT2D eigenvalue weighted by Crippen LogP contribution is -1.91. The van der Waals surface area contributed by atoms with Crippen LogP contribution in [0.15, 0.2) is 32.9 Å². The highest BCUT2D eigenvalue weighted by Gasteiger charge is 2.07. The van der Waals surface area contributed by atoms with Crippen LogP contribution in [0.4, 0.5) is 0 Å². The Morgan fingerprint density at radius 2 is 1.73 bits per heavy atom. The van der Waals surface area contributed by atoms with Crippen molar-refractivity contribution in [2.45, 2.75) is 60.4 Å². The fourth-order valence-electron chi connectivity index (χ4n) is 1.94. The molecule has 0 spiro atoms. The average molecular weight is 353 g/mol. The molecule has 1 atom stereocenters.